The van der Waals surface area contributed by atoms with Crippen LogP contribution in [0.15, 0.2) is 79.1 Å². The molecule has 0 aliphatic carbocycles. The highest BCUT2D eigenvalue weighted by Crippen LogP contribution is 2.32. The molecule has 2 heterocycles. The van der Waals surface area contributed by atoms with E-state index in [1.807, 2.05) is 30.5 Å². The van der Waals surface area contributed by atoms with Crippen molar-refractivity contribution in [1.82, 2.24) is 19.9 Å². The largest absolute Gasteiger partial charge is 0.496 e. The Bertz CT molecular complexity index is 1220. The molecule has 0 spiro atoms. The van der Waals surface area contributed by atoms with Crippen molar-refractivity contribution in [1.29, 1.82) is 0 Å². The lowest BCUT2D eigenvalue weighted by molar-refractivity contribution is 0.416. The van der Waals surface area contributed by atoms with Crippen LogP contribution < -0.4 is 4.74 Å². The van der Waals surface area contributed by atoms with Crippen LogP contribution in [0.2, 0.25) is 0 Å². The molecule has 29 heavy (non-hydrogen) atoms. The number of nitrogens with one attached hydrogen (secondary N) is 2. The number of aromatic nitrogens is 4. The van der Waals surface area contributed by atoms with E-state index in [0.29, 0.717) is 0 Å². The molecule has 5 aromatic rings. The zero-order chi connectivity index (χ0) is 19.6. The summed E-state index contributed by atoms with van der Waals surface area (Å²) >= 11 is 0. The zero-order valence-corrected chi connectivity index (χ0v) is 16.0. The lowest BCUT2D eigenvalue weighted by Crippen LogP contribution is -1.92. The van der Waals surface area contributed by atoms with Crippen LogP contribution in [0.5, 0.6) is 5.75 Å². The van der Waals surface area contributed by atoms with E-state index < -0.39 is 0 Å². The molecule has 0 aliphatic rings. The number of aromatic amines is 2. The molecule has 5 heteroatoms. The Hall–Kier alpha value is -3.86. The Labute approximate surface area is 168 Å². The molecular formula is C24H20N4O. The Morgan fingerprint density at radius 1 is 0.931 bits per heavy atom. The number of rotatable bonds is 5. The van der Waals surface area contributed by atoms with E-state index >= 15 is 0 Å². The maximum atomic E-state index is 5.50. The van der Waals surface area contributed by atoms with E-state index in [0.717, 1.165) is 51.5 Å². The number of H-pyrrole nitrogens is 2. The van der Waals surface area contributed by atoms with Gasteiger partial charge in [0.05, 0.1) is 23.7 Å². The first-order chi connectivity index (χ1) is 14.3. The zero-order valence-electron chi connectivity index (χ0n) is 16.0. The first-order valence-corrected chi connectivity index (χ1v) is 9.51. The van der Waals surface area contributed by atoms with Crippen molar-refractivity contribution in [3.8, 4) is 28.3 Å². The van der Waals surface area contributed by atoms with Gasteiger partial charge in [0.1, 0.15) is 17.4 Å². The normalized spacial score (nSPS) is 11.1. The minimum atomic E-state index is 0.773. The highest BCUT2D eigenvalue weighted by molar-refractivity contribution is 5.75. The molecule has 0 saturated carbocycles. The van der Waals surface area contributed by atoms with Crippen LogP contribution in [0, 0.1) is 0 Å². The molecule has 0 saturated heterocycles. The van der Waals surface area contributed by atoms with E-state index in [2.05, 4.69) is 62.4 Å². The fourth-order valence-electron chi connectivity index (χ4n) is 3.58. The second-order valence-electron chi connectivity index (χ2n) is 6.93. The second-order valence-corrected chi connectivity index (χ2v) is 6.93. The number of fused-ring (bicyclic) bond motifs is 1. The minimum Gasteiger partial charge on any atom is -0.496 e. The average Bonchev–Trinajstić information content (AvgIpc) is 3.43. The summed E-state index contributed by atoms with van der Waals surface area (Å²) in [4.78, 5) is 15.6. The van der Waals surface area contributed by atoms with Crippen LogP contribution in [-0.4, -0.2) is 27.0 Å². The summed E-state index contributed by atoms with van der Waals surface area (Å²) in [6.07, 6.45) is 4.33. The van der Waals surface area contributed by atoms with E-state index in [1.54, 1.807) is 13.3 Å². The van der Waals surface area contributed by atoms with Crippen LogP contribution in [0.3, 0.4) is 0 Å². The van der Waals surface area contributed by atoms with Crippen LogP contribution in [0.25, 0.3) is 33.5 Å². The highest BCUT2D eigenvalue weighted by Gasteiger charge is 2.10. The number of para-hydroxylation sites is 2. The molecule has 2 aromatic heterocycles. The molecular weight excluding hydrogens is 360 g/mol. The van der Waals surface area contributed by atoms with Crippen molar-refractivity contribution in [2.75, 3.05) is 7.11 Å². The maximum absolute atomic E-state index is 5.50. The number of methoxy groups -OCH3 is 1. The van der Waals surface area contributed by atoms with Gasteiger partial charge < -0.3 is 14.7 Å². The molecule has 5 nitrogen and oxygen atoms in total. The maximum Gasteiger partial charge on any atom is 0.141 e. The van der Waals surface area contributed by atoms with E-state index in [9.17, 15) is 0 Å². The molecule has 3 aromatic carbocycles. The highest BCUT2D eigenvalue weighted by atomic mass is 16.5. The topological polar surface area (TPSA) is 66.6 Å². The van der Waals surface area contributed by atoms with Gasteiger partial charge in [-0.2, -0.15) is 0 Å². The van der Waals surface area contributed by atoms with Crippen molar-refractivity contribution in [2.24, 2.45) is 0 Å². The van der Waals surface area contributed by atoms with Crippen LogP contribution in [-0.2, 0) is 6.42 Å². The van der Waals surface area contributed by atoms with Gasteiger partial charge in [0.15, 0.2) is 0 Å². The Kier molecular flexibility index (Phi) is 4.33. The quantitative estimate of drug-likeness (QED) is 0.439. The van der Waals surface area contributed by atoms with E-state index in [-0.39, 0.29) is 0 Å². The first-order valence-electron chi connectivity index (χ1n) is 9.51. The van der Waals surface area contributed by atoms with Gasteiger partial charge in [-0.1, -0.05) is 42.5 Å². The number of ether oxygens (including phenoxy) is 1. The predicted molar refractivity (Wildman–Crippen MR) is 115 cm³/mol. The minimum absolute atomic E-state index is 0.773. The third-order valence-electron chi connectivity index (χ3n) is 5.05. The SMILES string of the molecule is COc1ccc(-c2ccc(Cc3nc4ccccc4[nH]3)cc2)cc1-c1ncc[nH]1. The Balaban J connectivity index is 1.42. The van der Waals surface area contributed by atoms with Crippen molar-refractivity contribution < 1.29 is 4.74 Å². The van der Waals surface area contributed by atoms with Gasteiger partial charge >= 0.3 is 0 Å². The molecule has 142 valence electrons. The molecule has 0 amide bonds. The Morgan fingerprint density at radius 3 is 2.52 bits per heavy atom. The molecule has 0 aliphatic heterocycles. The van der Waals surface area contributed by atoms with E-state index in [1.165, 1.54) is 5.56 Å². The number of imidazole rings is 2. The smallest absolute Gasteiger partial charge is 0.141 e. The van der Waals surface area contributed by atoms with Crippen molar-refractivity contribution in [3.05, 3.63) is 90.5 Å². The van der Waals surface area contributed by atoms with Gasteiger partial charge in [0.25, 0.3) is 0 Å². The summed E-state index contributed by atoms with van der Waals surface area (Å²) in [5.74, 6) is 2.57. The third kappa shape index (κ3) is 3.38. The summed E-state index contributed by atoms with van der Waals surface area (Å²) in [7, 11) is 1.67. The summed E-state index contributed by atoms with van der Waals surface area (Å²) in [6.45, 7) is 0. The van der Waals surface area contributed by atoms with Crippen LogP contribution in [0.1, 0.15) is 11.4 Å². The number of hydrogen-bond acceptors (Lipinski definition) is 3. The number of benzene rings is 3. The molecule has 5 rings (SSSR count). The number of hydrogen-bond donors (Lipinski definition) is 2. The second kappa shape index (κ2) is 7.28. The van der Waals surface area contributed by atoms with Crippen LogP contribution in [0.4, 0.5) is 0 Å². The fraction of sp³-hybridized carbons (Fsp3) is 0.0833. The summed E-state index contributed by atoms with van der Waals surface area (Å²) in [6, 6.07) is 22.9. The van der Waals surface area contributed by atoms with Crippen molar-refractivity contribution in [3.63, 3.8) is 0 Å². The van der Waals surface area contributed by atoms with Crippen LogP contribution >= 0.6 is 0 Å². The molecule has 0 bridgehead atoms. The summed E-state index contributed by atoms with van der Waals surface area (Å²) in [5, 5.41) is 0. The average molecular weight is 380 g/mol. The molecule has 2 N–H and O–H groups in total. The summed E-state index contributed by atoms with van der Waals surface area (Å²) in [5.41, 5.74) is 6.50. The standard InChI is InChI=1S/C24H20N4O/c1-29-22-11-10-18(15-19(22)24-25-12-13-26-24)17-8-6-16(7-9-17)14-23-27-20-4-2-3-5-21(20)28-23/h2-13,15H,14H2,1H3,(H,25,26)(H,27,28). The number of nitrogens with zero attached hydrogens (tertiary/aromatic N) is 2. The fourth-order valence-corrected chi connectivity index (χ4v) is 3.58. The van der Waals surface area contributed by atoms with Crippen molar-refractivity contribution in [2.45, 2.75) is 6.42 Å². The van der Waals surface area contributed by atoms with Crippen molar-refractivity contribution >= 4 is 11.0 Å². The monoisotopic (exact) mass is 380 g/mol. The van der Waals surface area contributed by atoms with Gasteiger partial charge in [0.2, 0.25) is 0 Å². The molecule has 0 atom stereocenters. The third-order valence-corrected chi connectivity index (χ3v) is 5.05. The molecule has 0 radical (unpaired) electrons. The van der Waals surface area contributed by atoms with Gasteiger partial charge in [-0.05, 0) is 41.0 Å². The Morgan fingerprint density at radius 2 is 1.76 bits per heavy atom. The summed E-state index contributed by atoms with van der Waals surface area (Å²) < 4.78 is 5.50. The van der Waals surface area contributed by atoms with Gasteiger partial charge in [-0.25, -0.2) is 9.97 Å². The first kappa shape index (κ1) is 17.3. The molecule has 0 unspecified atom stereocenters. The van der Waals surface area contributed by atoms with Gasteiger partial charge in [0, 0.05) is 18.8 Å². The van der Waals surface area contributed by atoms with E-state index in [4.69, 9.17) is 4.74 Å². The lowest BCUT2D eigenvalue weighted by Gasteiger charge is -2.10. The van der Waals surface area contributed by atoms with Gasteiger partial charge in [-0.3, -0.25) is 0 Å². The van der Waals surface area contributed by atoms with Gasteiger partial charge in [-0.15, -0.1) is 0 Å². The molecule has 0 fully saturated rings. The predicted octanol–water partition coefficient (Wildman–Crippen LogP) is 5.22. The lowest BCUT2D eigenvalue weighted by atomic mass is 10.00.